The number of benzene rings is 2. The fourth-order valence-electron chi connectivity index (χ4n) is 1.87. The monoisotopic (exact) mass is 440 g/mol. The molecule has 23 heavy (non-hydrogen) atoms. The van der Waals surface area contributed by atoms with Gasteiger partial charge in [0.1, 0.15) is 18.1 Å². The van der Waals surface area contributed by atoms with E-state index in [-0.39, 0.29) is 5.04 Å². The maximum Gasteiger partial charge on any atom is 0.250 e. The van der Waals surface area contributed by atoms with Gasteiger partial charge in [-0.15, -0.1) is 0 Å². The Morgan fingerprint density at radius 3 is 2.35 bits per heavy atom. The molecule has 2 nitrogen and oxygen atoms in total. The van der Waals surface area contributed by atoms with Gasteiger partial charge in [0.2, 0.25) is 8.32 Å². The lowest BCUT2D eigenvalue weighted by molar-refractivity contribution is 0.303. The zero-order valence-electron chi connectivity index (χ0n) is 14.5. The zero-order valence-corrected chi connectivity index (χ0v) is 17.7. The van der Waals surface area contributed by atoms with E-state index in [1.165, 1.54) is 0 Å². The van der Waals surface area contributed by atoms with Gasteiger partial charge in [0.25, 0.3) is 0 Å². The maximum absolute atomic E-state index is 6.36. The van der Waals surface area contributed by atoms with Gasteiger partial charge in [-0.3, -0.25) is 0 Å². The molecule has 0 heterocycles. The molecule has 124 valence electrons. The molecule has 0 N–H and O–H groups in total. The van der Waals surface area contributed by atoms with Gasteiger partial charge in [-0.2, -0.15) is 0 Å². The molecule has 2 aromatic rings. The second-order valence-corrected chi connectivity index (χ2v) is 13.1. The van der Waals surface area contributed by atoms with Crippen molar-refractivity contribution in [2.24, 2.45) is 0 Å². The van der Waals surface area contributed by atoms with Crippen LogP contribution in [0.2, 0.25) is 18.1 Å². The summed E-state index contributed by atoms with van der Waals surface area (Å²) >= 11 is 2.29. The van der Waals surface area contributed by atoms with Crippen molar-refractivity contribution in [2.75, 3.05) is 0 Å². The van der Waals surface area contributed by atoms with E-state index in [2.05, 4.69) is 68.6 Å². The average Bonchev–Trinajstić information content (AvgIpc) is 2.45. The molecule has 2 rings (SSSR count). The molecule has 0 aliphatic heterocycles. The van der Waals surface area contributed by atoms with E-state index >= 15 is 0 Å². The SMILES string of the molecule is CC(C)(C)[Si](C)(C)Oc1cccc(COc2ccccc2I)c1. The van der Waals surface area contributed by atoms with Crippen molar-refractivity contribution in [2.45, 2.75) is 45.5 Å². The molecule has 0 bridgehead atoms. The van der Waals surface area contributed by atoms with E-state index in [1.807, 2.05) is 36.4 Å². The molecule has 0 aliphatic carbocycles. The first-order chi connectivity index (χ1) is 10.7. The molecular formula is C19H25IO2Si. The van der Waals surface area contributed by atoms with Crippen LogP contribution in [0.5, 0.6) is 11.5 Å². The summed E-state index contributed by atoms with van der Waals surface area (Å²) in [5.41, 5.74) is 1.13. The second-order valence-electron chi connectivity index (χ2n) is 7.23. The standard InChI is InChI=1S/C19H25IO2Si/c1-19(2,3)23(4,5)22-16-10-8-9-15(13-16)14-21-18-12-7-6-11-17(18)20/h6-13H,14H2,1-5H3. The highest BCUT2D eigenvalue weighted by molar-refractivity contribution is 14.1. The predicted octanol–water partition coefficient (Wildman–Crippen LogP) is 6.25. The Kier molecular flexibility index (Phi) is 5.78. The molecule has 0 amide bonds. The van der Waals surface area contributed by atoms with Crippen LogP contribution in [0, 0.1) is 3.57 Å². The van der Waals surface area contributed by atoms with Gasteiger partial charge >= 0.3 is 0 Å². The molecule has 4 heteroatoms. The van der Waals surface area contributed by atoms with Crippen LogP contribution < -0.4 is 9.16 Å². The molecular weight excluding hydrogens is 415 g/mol. The molecule has 0 atom stereocenters. The minimum absolute atomic E-state index is 0.194. The number of hydrogen-bond acceptors (Lipinski definition) is 2. The van der Waals surface area contributed by atoms with Crippen LogP contribution in [0.15, 0.2) is 48.5 Å². The first kappa shape index (κ1) is 18.3. The highest BCUT2D eigenvalue weighted by Crippen LogP contribution is 2.37. The first-order valence-electron chi connectivity index (χ1n) is 7.84. The van der Waals surface area contributed by atoms with Crippen LogP contribution in [-0.4, -0.2) is 8.32 Å². The topological polar surface area (TPSA) is 18.5 Å². The quantitative estimate of drug-likeness (QED) is 0.404. The lowest BCUT2D eigenvalue weighted by atomic mass is 10.2. The van der Waals surface area contributed by atoms with Crippen LogP contribution in [0.1, 0.15) is 26.3 Å². The summed E-state index contributed by atoms with van der Waals surface area (Å²) in [7, 11) is -1.81. The highest BCUT2D eigenvalue weighted by atomic mass is 127. The van der Waals surface area contributed by atoms with E-state index in [0.717, 1.165) is 20.6 Å². The highest BCUT2D eigenvalue weighted by Gasteiger charge is 2.38. The Labute approximate surface area is 154 Å². The lowest BCUT2D eigenvalue weighted by Crippen LogP contribution is -2.43. The van der Waals surface area contributed by atoms with Crippen LogP contribution >= 0.6 is 22.6 Å². The Hall–Kier alpha value is -1.01. The fourth-order valence-corrected chi connectivity index (χ4v) is 3.43. The van der Waals surface area contributed by atoms with Crippen molar-refractivity contribution < 1.29 is 9.16 Å². The van der Waals surface area contributed by atoms with E-state index in [9.17, 15) is 0 Å². The van der Waals surface area contributed by atoms with Gasteiger partial charge in [-0.05, 0) is 70.6 Å². The summed E-state index contributed by atoms with van der Waals surface area (Å²) in [6, 6.07) is 16.3. The third-order valence-corrected chi connectivity index (χ3v) is 9.56. The summed E-state index contributed by atoms with van der Waals surface area (Å²) in [4.78, 5) is 0. The van der Waals surface area contributed by atoms with Crippen molar-refractivity contribution in [1.29, 1.82) is 0 Å². The Balaban J connectivity index is 2.07. The first-order valence-corrected chi connectivity index (χ1v) is 11.8. The third-order valence-electron chi connectivity index (χ3n) is 4.31. The van der Waals surface area contributed by atoms with Crippen LogP contribution in [0.4, 0.5) is 0 Å². The largest absolute Gasteiger partial charge is 0.543 e. The Morgan fingerprint density at radius 1 is 1.00 bits per heavy atom. The van der Waals surface area contributed by atoms with Crippen molar-refractivity contribution in [3.63, 3.8) is 0 Å². The molecule has 0 saturated carbocycles. The van der Waals surface area contributed by atoms with Crippen LogP contribution in [0.3, 0.4) is 0 Å². The van der Waals surface area contributed by atoms with Crippen LogP contribution in [0.25, 0.3) is 0 Å². The summed E-state index contributed by atoms with van der Waals surface area (Å²) in [6.45, 7) is 11.8. The number of rotatable bonds is 5. The molecule has 0 fully saturated rings. The van der Waals surface area contributed by atoms with Gasteiger partial charge in [-0.1, -0.05) is 45.0 Å². The third kappa shape index (κ3) is 4.98. The van der Waals surface area contributed by atoms with Gasteiger partial charge in [0.05, 0.1) is 3.57 Å². The fraction of sp³-hybridized carbons (Fsp3) is 0.368. The van der Waals surface area contributed by atoms with E-state index in [4.69, 9.17) is 9.16 Å². The Morgan fingerprint density at radius 2 is 1.70 bits per heavy atom. The van der Waals surface area contributed by atoms with Crippen molar-refractivity contribution in [3.8, 4) is 11.5 Å². The van der Waals surface area contributed by atoms with Gasteiger partial charge in [0.15, 0.2) is 0 Å². The van der Waals surface area contributed by atoms with Crippen molar-refractivity contribution >= 4 is 30.9 Å². The van der Waals surface area contributed by atoms with Gasteiger partial charge in [-0.25, -0.2) is 0 Å². The predicted molar refractivity (Wildman–Crippen MR) is 108 cm³/mol. The maximum atomic E-state index is 6.36. The average molecular weight is 440 g/mol. The van der Waals surface area contributed by atoms with Gasteiger partial charge < -0.3 is 9.16 Å². The molecule has 0 saturated heterocycles. The number of ether oxygens (including phenoxy) is 1. The van der Waals surface area contributed by atoms with E-state index in [0.29, 0.717) is 6.61 Å². The molecule has 0 spiro atoms. The summed E-state index contributed by atoms with van der Waals surface area (Å²) in [5, 5.41) is 0.194. The molecule has 0 aromatic heterocycles. The molecule has 0 radical (unpaired) electrons. The molecule has 0 unspecified atom stereocenters. The van der Waals surface area contributed by atoms with E-state index < -0.39 is 8.32 Å². The summed E-state index contributed by atoms with van der Waals surface area (Å²) < 4.78 is 13.4. The normalized spacial score (nSPS) is 12.1. The number of para-hydroxylation sites is 1. The summed E-state index contributed by atoms with van der Waals surface area (Å²) in [6.07, 6.45) is 0. The number of halogens is 1. The minimum atomic E-state index is -1.81. The van der Waals surface area contributed by atoms with Crippen LogP contribution in [-0.2, 0) is 6.61 Å². The van der Waals surface area contributed by atoms with Gasteiger partial charge in [0, 0.05) is 0 Å². The lowest BCUT2D eigenvalue weighted by Gasteiger charge is -2.36. The van der Waals surface area contributed by atoms with Crippen molar-refractivity contribution in [1.82, 2.24) is 0 Å². The van der Waals surface area contributed by atoms with E-state index in [1.54, 1.807) is 0 Å². The van der Waals surface area contributed by atoms with Crippen molar-refractivity contribution in [3.05, 3.63) is 57.7 Å². The Bertz CT molecular complexity index is 662. The zero-order chi connectivity index (χ0) is 17.1. The molecule has 2 aromatic carbocycles. The minimum Gasteiger partial charge on any atom is -0.543 e. The molecule has 0 aliphatic rings. The number of hydrogen-bond donors (Lipinski definition) is 0. The summed E-state index contributed by atoms with van der Waals surface area (Å²) in [5.74, 6) is 1.87. The smallest absolute Gasteiger partial charge is 0.250 e. The second kappa shape index (κ2) is 7.26.